The second-order valence-electron chi connectivity index (χ2n) is 4.16. The number of benzene rings is 1. The maximum Gasteiger partial charge on any atom is 0.0991 e. The summed E-state index contributed by atoms with van der Waals surface area (Å²) in [6, 6.07) is 13.7. The minimum Gasteiger partial charge on any atom is -0.380 e. The first-order valence-electron chi connectivity index (χ1n) is 5.92. The molecule has 0 aliphatic rings. The second-order valence-corrected chi connectivity index (χ2v) is 5.07. The fourth-order valence-electron chi connectivity index (χ4n) is 1.91. The van der Waals surface area contributed by atoms with Crippen molar-refractivity contribution in [2.45, 2.75) is 6.54 Å². The summed E-state index contributed by atoms with van der Waals surface area (Å²) in [4.78, 5) is 4.31. The molecular formula is C15H11N3S. The molecule has 0 aliphatic carbocycles. The number of thiophene rings is 1. The molecule has 4 heteroatoms. The summed E-state index contributed by atoms with van der Waals surface area (Å²) in [6.45, 7) is 0.739. The first kappa shape index (κ1) is 11.7. The van der Waals surface area contributed by atoms with E-state index in [1.165, 1.54) is 4.70 Å². The normalized spacial score (nSPS) is 10.3. The van der Waals surface area contributed by atoms with Gasteiger partial charge in [-0.3, -0.25) is 4.98 Å². The van der Waals surface area contributed by atoms with Crippen molar-refractivity contribution in [2.24, 2.45) is 0 Å². The fraction of sp³-hybridized carbons (Fsp3) is 0.0667. The van der Waals surface area contributed by atoms with Crippen LogP contribution in [0.25, 0.3) is 10.2 Å². The lowest BCUT2D eigenvalue weighted by Crippen LogP contribution is -1.99. The number of hydrogen-bond acceptors (Lipinski definition) is 4. The van der Waals surface area contributed by atoms with Crippen molar-refractivity contribution < 1.29 is 0 Å². The smallest absolute Gasteiger partial charge is 0.0991 e. The van der Waals surface area contributed by atoms with Gasteiger partial charge in [0.2, 0.25) is 0 Å². The first-order valence-corrected chi connectivity index (χ1v) is 6.80. The molecule has 3 nitrogen and oxygen atoms in total. The average Bonchev–Trinajstić information content (AvgIpc) is 2.94. The zero-order valence-electron chi connectivity index (χ0n) is 10.1. The zero-order valence-corrected chi connectivity index (χ0v) is 10.9. The van der Waals surface area contributed by atoms with Gasteiger partial charge in [-0.15, -0.1) is 11.3 Å². The third-order valence-corrected chi connectivity index (χ3v) is 3.85. The molecule has 0 fully saturated rings. The van der Waals surface area contributed by atoms with E-state index >= 15 is 0 Å². The van der Waals surface area contributed by atoms with E-state index in [1.54, 1.807) is 11.3 Å². The maximum absolute atomic E-state index is 8.76. The Labute approximate surface area is 115 Å². The minimum absolute atomic E-state index is 0.688. The van der Waals surface area contributed by atoms with E-state index in [0.29, 0.717) is 5.56 Å². The molecule has 19 heavy (non-hydrogen) atoms. The number of fused-ring (bicyclic) bond motifs is 1. The summed E-state index contributed by atoms with van der Waals surface area (Å²) in [5, 5.41) is 14.2. The van der Waals surface area contributed by atoms with Crippen LogP contribution in [0, 0.1) is 11.3 Å². The van der Waals surface area contributed by atoms with E-state index in [1.807, 2.05) is 48.0 Å². The summed E-state index contributed by atoms with van der Waals surface area (Å²) in [5.74, 6) is 0. The summed E-state index contributed by atoms with van der Waals surface area (Å²) in [6.07, 6.45) is 1.82. The predicted octanol–water partition coefficient (Wildman–Crippen LogP) is 3.78. The van der Waals surface area contributed by atoms with Gasteiger partial charge in [0.1, 0.15) is 0 Å². The van der Waals surface area contributed by atoms with Crippen LogP contribution in [0.4, 0.5) is 5.69 Å². The average molecular weight is 265 g/mol. The lowest BCUT2D eigenvalue weighted by molar-refractivity contribution is 1.15. The van der Waals surface area contributed by atoms with Crippen LogP contribution in [0.15, 0.2) is 48.0 Å². The quantitative estimate of drug-likeness (QED) is 0.784. The molecule has 92 valence electrons. The highest BCUT2D eigenvalue weighted by atomic mass is 32.1. The monoisotopic (exact) mass is 265 g/mol. The molecule has 3 aromatic rings. The van der Waals surface area contributed by atoms with Gasteiger partial charge in [0.15, 0.2) is 0 Å². The Bertz CT molecular complexity index is 738. The Morgan fingerprint density at radius 2 is 2.00 bits per heavy atom. The highest BCUT2D eigenvalue weighted by Crippen LogP contribution is 2.27. The standard InChI is InChI=1S/C15H11N3S/c16-9-11-1-3-12(4-2-11)10-18-13-5-7-17-14-6-8-19-15(13)14/h1-8H,10H2,(H,17,18). The van der Waals surface area contributed by atoms with Gasteiger partial charge in [-0.05, 0) is 35.2 Å². The molecule has 0 spiro atoms. The van der Waals surface area contributed by atoms with Crippen LogP contribution >= 0.6 is 11.3 Å². The number of nitrogens with one attached hydrogen (secondary N) is 1. The van der Waals surface area contributed by atoms with Gasteiger partial charge in [0.25, 0.3) is 0 Å². The minimum atomic E-state index is 0.688. The number of anilines is 1. The third-order valence-electron chi connectivity index (χ3n) is 2.91. The third kappa shape index (κ3) is 2.42. The molecule has 3 rings (SSSR count). The van der Waals surface area contributed by atoms with E-state index in [2.05, 4.69) is 16.4 Å². The van der Waals surface area contributed by atoms with Gasteiger partial charge in [-0.1, -0.05) is 12.1 Å². The molecule has 0 saturated heterocycles. The number of nitriles is 1. The highest BCUT2D eigenvalue weighted by Gasteiger charge is 2.02. The Morgan fingerprint density at radius 3 is 2.79 bits per heavy atom. The molecule has 0 amide bonds. The highest BCUT2D eigenvalue weighted by molar-refractivity contribution is 7.17. The van der Waals surface area contributed by atoms with Crippen molar-refractivity contribution in [1.82, 2.24) is 4.98 Å². The van der Waals surface area contributed by atoms with Crippen LogP contribution in [0.5, 0.6) is 0 Å². The number of pyridine rings is 1. The van der Waals surface area contributed by atoms with E-state index in [-0.39, 0.29) is 0 Å². The molecule has 0 radical (unpaired) electrons. The predicted molar refractivity (Wildman–Crippen MR) is 78.1 cm³/mol. The molecule has 2 aromatic heterocycles. The molecule has 1 N–H and O–H groups in total. The summed E-state index contributed by atoms with van der Waals surface area (Å²) < 4.78 is 1.18. The van der Waals surface area contributed by atoms with Gasteiger partial charge in [-0.25, -0.2) is 0 Å². The molecule has 0 bridgehead atoms. The van der Waals surface area contributed by atoms with Crippen LogP contribution in [-0.4, -0.2) is 4.98 Å². The van der Waals surface area contributed by atoms with E-state index in [0.717, 1.165) is 23.3 Å². The molecule has 2 heterocycles. The number of hydrogen-bond donors (Lipinski definition) is 1. The topological polar surface area (TPSA) is 48.7 Å². The van der Waals surface area contributed by atoms with Crippen molar-refractivity contribution in [3.63, 3.8) is 0 Å². The summed E-state index contributed by atoms with van der Waals surface area (Å²) in [5.41, 5.74) is 3.97. The van der Waals surface area contributed by atoms with Crippen LogP contribution in [-0.2, 0) is 6.54 Å². The molecular weight excluding hydrogens is 254 g/mol. The van der Waals surface area contributed by atoms with Crippen molar-refractivity contribution in [3.8, 4) is 6.07 Å². The number of nitrogens with zero attached hydrogens (tertiary/aromatic N) is 2. The molecule has 0 atom stereocenters. The Kier molecular flexibility index (Phi) is 3.13. The Hall–Kier alpha value is -2.38. The van der Waals surface area contributed by atoms with Crippen molar-refractivity contribution >= 4 is 27.2 Å². The van der Waals surface area contributed by atoms with Gasteiger partial charge in [0, 0.05) is 12.7 Å². The molecule has 0 unspecified atom stereocenters. The van der Waals surface area contributed by atoms with E-state index in [9.17, 15) is 0 Å². The fourth-order valence-corrected chi connectivity index (χ4v) is 2.75. The van der Waals surface area contributed by atoms with Crippen LogP contribution < -0.4 is 5.32 Å². The second kappa shape index (κ2) is 5.09. The number of aromatic nitrogens is 1. The van der Waals surface area contributed by atoms with Gasteiger partial charge in [0.05, 0.1) is 27.5 Å². The first-order chi connectivity index (χ1) is 9.36. The van der Waals surface area contributed by atoms with Gasteiger partial charge < -0.3 is 5.32 Å². The largest absolute Gasteiger partial charge is 0.380 e. The van der Waals surface area contributed by atoms with Gasteiger partial charge in [-0.2, -0.15) is 5.26 Å². The van der Waals surface area contributed by atoms with Gasteiger partial charge >= 0.3 is 0 Å². The Balaban J connectivity index is 1.78. The Morgan fingerprint density at radius 1 is 1.16 bits per heavy atom. The summed E-state index contributed by atoms with van der Waals surface area (Å²) in [7, 11) is 0. The van der Waals surface area contributed by atoms with E-state index < -0.39 is 0 Å². The molecule has 0 aliphatic heterocycles. The van der Waals surface area contributed by atoms with Crippen molar-refractivity contribution in [3.05, 3.63) is 59.1 Å². The number of rotatable bonds is 3. The zero-order chi connectivity index (χ0) is 13.1. The van der Waals surface area contributed by atoms with Crippen LogP contribution in [0.3, 0.4) is 0 Å². The van der Waals surface area contributed by atoms with Crippen molar-refractivity contribution in [1.29, 1.82) is 5.26 Å². The lowest BCUT2D eigenvalue weighted by Gasteiger charge is -2.07. The molecule has 0 saturated carbocycles. The van der Waals surface area contributed by atoms with Crippen molar-refractivity contribution in [2.75, 3.05) is 5.32 Å². The summed E-state index contributed by atoms with van der Waals surface area (Å²) >= 11 is 1.69. The van der Waals surface area contributed by atoms with E-state index in [4.69, 9.17) is 5.26 Å². The lowest BCUT2D eigenvalue weighted by atomic mass is 10.1. The van der Waals surface area contributed by atoms with Crippen LogP contribution in [0.1, 0.15) is 11.1 Å². The maximum atomic E-state index is 8.76. The SMILES string of the molecule is N#Cc1ccc(CNc2ccnc3ccsc23)cc1. The van der Waals surface area contributed by atoms with Crippen LogP contribution in [0.2, 0.25) is 0 Å². The molecule has 1 aromatic carbocycles.